The van der Waals surface area contributed by atoms with E-state index >= 15 is 0 Å². The van der Waals surface area contributed by atoms with Crippen molar-refractivity contribution in [3.05, 3.63) is 47.7 Å². The summed E-state index contributed by atoms with van der Waals surface area (Å²) < 4.78 is 5.67. The molecule has 4 heteroatoms. The number of hydrogen-bond donors (Lipinski definition) is 1. The van der Waals surface area contributed by atoms with Crippen LogP contribution >= 0.6 is 0 Å². The Balaban J connectivity index is 2.14. The maximum Gasteiger partial charge on any atom is 0.289 e. The summed E-state index contributed by atoms with van der Waals surface area (Å²) in [5.74, 6) is 0.711. The van der Waals surface area contributed by atoms with Crippen molar-refractivity contribution in [1.29, 1.82) is 0 Å². The molecule has 0 bridgehead atoms. The van der Waals surface area contributed by atoms with Gasteiger partial charge in [-0.15, -0.1) is 0 Å². The molecular formula is C18H23NO3. The zero-order valence-corrected chi connectivity index (χ0v) is 13.6. The van der Waals surface area contributed by atoms with E-state index in [2.05, 4.69) is 19.1 Å². The summed E-state index contributed by atoms with van der Waals surface area (Å²) in [4.78, 5) is 13.7. The summed E-state index contributed by atoms with van der Waals surface area (Å²) in [6, 6.07) is 11.6. The highest BCUT2D eigenvalue weighted by molar-refractivity contribution is 5.92. The number of aliphatic hydroxyl groups is 1. The Kier molecular flexibility index (Phi) is 4.71. The first kappa shape index (κ1) is 16.3. The molecule has 0 atom stereocenters. The van der Waals surface area contributed by atoms with Crippen LogP contribution in [-0.2, 0) is 6.42 Å². The van der Waals surface area contributed by atoms with E-state index in [-0.39, 0.29) is 18.2 Å². The maximum atomic E-state index is 12.3. The van der Waals surface area contributed by atoms with Crippen LogP contribution in [0.4, 0.5) is 0 Å². The van der Waals surface area contributed by atoms with E-state index in [0.29, 0.717) is 5.76 Å². The highest BCUT2D eigenvalue weighted by Crippen LogP contribution is 2.23. The molecule has 0 spiro atoms. The van der Waals surface area contributed by atoms with E-state index in [0.717, 1.165) is 12.0 Å². The predicted octanol–water partition coefficient (Wildman–Crippen LogP) is 3.35. The first-order valence-electron chi connectivity index (χ1n) is 7.47. The van der Waals surface area contributed by atoms with Crippen molar-refractivity contribution >= 4 is 5.91 Å². The van der Waals surface area contributed by atoms with Gasteiger partial charge in [0.1, 0.15) is 5.76 Å². The van der Waals surface area contributed by atoms with Crippen LogP contribution in [0.1, 0.15) is 36.9 Å². The lowest BCUT2D eigenvalue weighted by Gasteiger charge is -2.24. The minimum Gasteiger partial charge on any atom is -0.451 e. The molecule has 1 aromatic carbocycles. The monoisotopic (exact) mass is 301 g/mol. The zero-order valence-electron chi connectivity index (χ0n) is 13.6. The first-order chi connectivity index (χ1) is 10.3. The molecule has 22 heavy (non-hydrogen) atoms. The van der Waals surface area contributed by atoms with Gasteiger partial charge in [0.2, 0.25) is 0 Å². The fraction of sp³-hybridized carbons (Fsp3) is 0.389. The highest BCUT2D eigenvalue weighted by atomic mass is 16.4. The Morgan fingerprint density at radius 1 is 1.18 bits per heavy atom. The van der Waals surface area contributed by atoms with Gasteiger partial charge in [0, 0.05) is 19.2 Å². The number of carbonyl (C=O) groups is 1. The van der Waals surface area contributed by atoms with Crippen LogP contribution in [0, 0.1) is 0 Å². The molecule has 0 fully saturated rings. The normalized spacial score (nSPS) is 11.5. The van der Waals surface area contributed by atoms with E-state index in [9.17, 15) is 9.90 Å². The van der Waals surface area contributed by atoms with Crippen molar-refractivity contribution in [3.63, 3.8) is 0 Å². The van der Waals surface area contributed by atoms with Crippen molar-refractivity contribution in [3.8, 4) is 11.3 Å². The molecule has 0 aliphatic carbocycles. The number of nitrogens with zero attached hydrogens (tertiary/aromatic N) is 1. The fourth-order valence-electron chi connectivity index (χ4n) is 2.35. The molecule has 0 aliphatic heterocycles. The lowest BCUT2D eigenvalue weighted by Crippen LogP contribution is -2.39. The van der Waals surface area contributed by atoms with Gasteiger partial charge >= 0.3 is 0 Å². The Morgan fingerprint density at radius 3 is 2.36 bits per heavy atom. The van der Waals surface area contributed by atoms with Crippen LogP contribution in [0.25, 0.3) is 11.3 Å². The van der Waals surface area contributed by atoms with Gasteiger partial charge < -0.3 is 14.4 Å². The van der Waals surface area contributed by atoms with Crippen molar-refractivity contribution in [2.24, 2.45) is 0 Å². The summed E-state index contributed by atoms with van der Waals surface area (Å²) in [5.41, 5.74) is 1.27. The number of carbonyl (C=O) groups excluding carboxylic acids is 1. The average molecular weight is 301 g/mol. The molecule has 1 amide bonds. The number of likely N-dealkylation sites (N-methyl/N-ethyl adjacent to an activating group) is 1. The van der Waals surface area contributed by atoms with Gasteiger partial charge in [-0.2, -0.15) is 0 Å². The summed E-state index contributed by atoms with van der Waals surface area (Å²) in [7, 11) is 1.65. The van der Waals surface area contributed by atoms with Gasteiger partial charge in [0.25, 0.3) is 5.91 Å². The summed E-state index contributed by atoms with van der Waals surface area (Å²) in [6.07, 6.45) is 0.990. The predicted molar refractivity (Wildman–Crippen MR) is 86.8 cm³/mol. The molecule has 4 nitrogen and oxygen atoms in total. The largest absolute Gasteiger partial charge is 0.451 e. The van der Waals surface area contributed by atoms with E-state index in [4.69, 9.17) is 4.42 Å². The number of rotatable bonds is 5. The van der Waals surface area contributed by atoms with Gasteiger partial charge in [0.05, 0.1) is 5.60 Å². The number of hydrogen-bond acceptors (Lipinski definition) is 3. The second kappa shape index (κ2) is 6.36. The van der Waals surface area contributed by atoms with Crippen molar-refractivity contribution in [1.82, 2.24) is 4.90 Å². The second-order valence-electron chi connectivity index (χ2n) is 6.19. The molecule has 118 valence electrons. The Hall–Kier alpha value is -2.07. The van der Waals surface area contributed by atoms with Crippen LogP contribution in [0.3, 0.4) is 0 Å². The first-order valence-corrected chi connectivity index (χ1v) is 7.47. The lowest BCUT2D eigenvalue weighted by atomic mass is 10.1. The quantitative estimate of drug-likeness (QED) is 0.921. The summed E-state index contributed by atoms with van der Waals surface area (Å²) in [5, 5.41) is 9.79. The lowest BCUT2D eigenvalue weighted by molar-refractivity contribution is 0.0352. The number of benzene rings is 1. The summed E-state index contributed by atoms with van der Waals surface area (Å²) in [6.45, 7) is 5.68. The average Bonchev–Trinajstić information content (AvgIpc) is 2.94. The van der Waals surface area contributed by atoms with Crippen molar-refractivity contribution in [2.75, 3.05) is 13.6 Å². The molecule has 0 saturated carbocycles. The summed E-state index contributed by atoms with van der Waals surface area (Å²) >= 11 is 0. The van der Waals surface area contributed by atoms with Gasteiger partial charge in [-0.1, -0.05) is 31.2 Å². The van der Waals surface area contributed by atoms with Gasteiger partial charge in [-0.3, -0.25) is 4.79 Å². The molecular weight excluding hydrogens is 278 g/mol. The standard InChI is InChI=1S/C18H23NO3/c1-5-13-6-8-14(9-7-13)15-10-11-16(22-15)17(20)19(4)12-18(2,3)21/h6-11,21H,5,12H2,1-4H3. The zero-order chi connectivity index (χ0) is 16.3. The molecule has 2 rings (SSSR count). The second-order valence-corrected chi connectivity index (χ2v) is 6.19. The topological polar surface area (TPSA) is 53.7 Å². The smallest absolute Gasteiger partial charge is 0.289 e. The van der Waals surface area contributed by atoms with Gasteiger partial charge in [-0.05, 0) is 38.0 Å². The molecule has 0 aliphatic rings. The molecule has 1 aromatic heterocycles. The van der Waals surface area contributed by atoms with Crippen LogP contribution < -0.4 is 0 Å². The minimum atomic E-state index is -0.935. The van der Waals surface area contributed by atoms with Gasteiger partial charge in [-0.25, -0.2) is 0 Å². The highest BCUT2D eigenvalue weighted by Gasteiger charge is 2.22. The van der Waals surface area contributed by atoms with Crippen LogP contribution in [0.2, 0.25) is 0 Å². The Morgan fingerprint density at radius 2 is 1.82 bits per heavy atom. The van der Waals surface area contributed by atoms with E-state index in [1.807, 2.05) is 12.1 Å². The number of amides is 1. The molecule has 0 unspecified atom stereocenters. The number of aryl methyl sites for hydroxylation is 1. The molecule has 1 heterocycles. The van der Waals surface area contributed by atoms with Crippen LogP contribution in [0.15, 0.2) is 40.8 Å². The van der Waals surface area contributed by atoms with Crippen LogP contribution in [-0.4, -0.2) is 35.1 Å². The third-order valence-electron chi connectivity index (χ3n) is 3.43. The SMILES string of the molecule is CCc1ccc(-c2ccc(C(=O)N(C)CC(C)(C)O)o2)cc1. The van der Waals surface area contributed by atoms with Crippen molar-refractivity contribution < 1.29 is 14.3 Å². The fourth-order valence-corrected chi connectivity index (χ4v) is 2.35. The Labute approximate surface area is 131 Å². The third kappa shape index (κ3) is 3.98. The van der Waals surface area contributed by atoms with E-state index < -0.39 is 5.60 Å². The molecule has 0 saturated heterocycles. The van der Waals surface area contributed by atoms with Crippen LogP contribution in [0.5, 0.6) is 0 Å². The molecule has 0 radical (unpaired) electrons. The van der Waals surface area contributed by atoms with E-state index in [1.165, 1.54) is 10.5 Å². The maximum absolute atomic E-state index is 12.3. The van der Waals surface area contributed by atoms with Gasteiger partial charge in [0.15, 0.2) is 5.76 Å². The Bertz CT molecular complexity index is 635. The number of furan rings is 1. The van der Waals surface area contributed by atoms with E-state index in [1.54, 1.807) is 33.0 Å². The minimum absolute atomic E-state index is 0.237. The van der Waals surface area contributed by atoms with Crippen molar-refractivity contribution in [2.45, 2.75) is 32.8 Å². The molecule has 1 N–H and O–H groups in total. The third-order valence-corrected chi connectivity index (χ3v) is 3.43. The molecule has 2 aromatic rings.